The highest BCUT2D eigenvalue weighted by atomic mass is 32.2. The van der Waals surface area contributed by atoms with Gasteiger partial charge in [0.05, 0.1) is 23.6 Å². The fraction of sp³-hybridized carbons (Fsp3) is 0.417. The first-order chi connectivity index (χ1) is 15.8. The second kappa shape index (κ2) is 11.4. The molecule has 1 aliphatic rings. The number of benzene rings is 2. The van der Waals surface area contributed by atoms with Gasteiger partial charge in [0.2, 0.25) is 15.9 Å². The van der Waals surface area contributed by atoms with Crippen molar-refractivity contribution in [1.82, 2.24) is 9.62 Å². The van der Waals surface area contributed by atoms with Crippen LogP contribution in [0.3, 0.4) is 0 Å². The highest BCUT2D eigenvalue weighted by Gasteiger charge is 2.31. The van der Waals surface area contributed by atoms with E-state index < -0.39 is 10.0 Å². The van der Waals surface area contributed by atoms with Crippen LogP contribution in [0.15, 0.2) is 48.5 Å². The van der Waals surface area contributed by atoms with E-state index in [9.17, 15) is 18.0 Å². The number of hydrogen-bond donors (Lipinski definition) is 2. The summed E-state index contributed by atoms with van der Waals surface area (Å²) in [6.07, 6.45) is 0.863. The molecule has 0 spiro atoms. The highest BCUT2D eigenvalue weighted by molar-refractivity contribution is 7.88. The van der Waals surface area contributed by atoms with Crippen LogP contribution in [0.1, 0.15) is 34.3 Å². The minimum Gasteiger partial charge on any atom is -0.383 e. The molecule has 0 aliphatic carbocycles. The number of sulfonamides is 1. The molecule has 2 aromatic rings. The number of aryl methyl sites for hydroxylation is 1. The monoisotopic (exact) mass is 473 g/mol. The summed E-state index contributed by atoms with van der Waals surface area (Å²) in [5, 5.41) is 5.60. The minimum absolute atomic E-state index is 0.0445. The van der Waals surface area contributed by atoms with Gasteiger partial charge in [0, 0.05) is 32.7 Å². The summed E-state index contributed by atoms with van der Waals surface area (Å²) < 4.78 is 32.1. The van der Waals surface area contributed by atoms with Crippen LogP contribution < -0.4 is 10.6 Å². The first kappa shape index (κ1) is 24.9. The van der Waals surface area contributed by atoms with Crippen molar-refractivity contribution in [3.63, 3.8) is 0 Å². The number of ether oxygens (including phenoxy) is 1. The van der Waals surface area contributed by atoms with E-state index in [0.717, 1.165) is 11.1 Å². The number of carbonyl (C=O) groups is 2. The Balaban J connectivity index is 1.57. The number of para-hydroxylation sites is 1. The van der Waals surface area contributed by atoms with Gasteiger partial charge in [-0.3, -0.25) is 9.59 Å². The van der Waals surface area contributed by atoms with Gasteiger partial charge in [-0.15, -0.1) is 0 Å². The largest absolute Gasteiger partial charge is 0.383 e. The highest BCUT2D eigenvalue weighted by Crippen LogP contribution is 2.24. The second-order valence-corrected chi connectivity index (χ2v) is 10.2. The Morgan fingerprint density at radius 3 is 2.52 bits per heavy atom. The standard InChI is InChI=1S/C24H31N3O5S/c1-18-6-5-7-19(16-18)17-33(30,31)27-13-10-20(11-14-27)23(28)26-22-9-4-3-8-21(22)24(29)25-12-15-32-2/h3-9,16,20H,10-15,17H2,1-2H3,(H,25,29)(H,26,28). The number of piperidine rings is 1. The van der Waals surface area contributed by atoms with Gasteiger partial charge in [-0.2, -0.15) is 0 Å². The minimum atomic E-state index is -3.45. The Bertz CT molecular complexity index is 1080. The van der Waals surface area contributed by atoms with Crippen LogP contribution >= 0.6 is 0 Å². The molecule has 3 rings (SSSR count). The zero-order chi connectivity index (χ0) is 23.8. The summed E-state index contributed by atoms with van der Waals surface area (Å²) in [5.74, 6) is -0.861. The van der Waals surface area contributed by atoms with Crippen molar-refractivity contribution < 1.29 is 22.7 Å². The number of carbonyl (C=O) groups excluding carboxylic acids is 2. The third-order valence-electron chi connectivity index (χ3n) is 5.67. The van der Waals surface area contributed by atoms with E-state index in [1.807, 2.05) is 31.2 Å². The van der Waals surface area contributed by atoms with Crippen LogP contribution in [0.25, 0.3) is 0 Å². The molecule has 0 atom stereocenters. The predicted molar refractivity (Wildman–Crippen MR) is 127 cm³/mol. The molecule has 0 saturated carbocycles. The molecule has 178 valence electrons. The van der Waals surface area contributed by atoms with Gasteiger partial charge in [0.1, 0.15) is 0 Å². The van der Waals surface area contributed by atoms with E-state index in [0.29, 0.717) is 50.3 Å². The maximum absolute atomic E-state index is 12.9. The predicted octanol–water partition coefficient (Wildman–Crippen LogP) is 2.55. The summed E-state index contributed by atoms with van der Waals surface area (Å²) >= 11 is 0. The number of nitrogens with one attached hydrogen (secondary N) is 2. The average molecular weight is 474 g/mol. The molecule has 0 bridgehead atoms. The topological polar surface area (TPSA) is 105 Å². The van der Waals surface area contributed by atoms with Crippen molar-refractivity contribution in [3.8, 4) is 0 Å². The van der Waals surface area contributed by atoms with E-state index in [1.54, 1.807) is 31.4 Å². The Hall–Kier alpha value is -2.75. The molecule has 1 saturated heterocycles. The molecule has 1 aliphatic heterocycles. The van der Waals surface area contributed by atoms with Gasteiger partial charge in [-0.25, -0.2) is 12.7 Å². The lowest BCUT2D eigenvalue weighted by atomic mass is 9.97. The van der Waals surface area contributed by atoms with Gasteiger partial charge in [0.15, 0.2) is 0 Å². The molecule has 0 aromatic heterocycles. The van der Waals surface area contributed by atoms with Gasteiger partial charge in [0.25, 0.3) is 5.91 Å². The molecular formula is C24H31N3O5S. The van der Waals surface area contributed by atoms with Gasteiger partial charge in [-0.1, -0.05) is 42.0 Å². The fourth-order valence-electron chi connectivity index (χ4n) is 3.89. The molecule has 2 aromatic carbocycles. The van der Waals surface area contributed by atoms with Gasteiger partial charge < -0.3 is 15.4 Å². The van der Waals surface area contributed by atoms with Crippen LogP contribution in [-0.2, 0) is 25.3 Å². The Morgan fingerprint density at radius 2 is 1.82 bits per heavy atom. The molecule has 0 unspecified atom stereocenters. The van der Waals surface area contributed by atoms with E-state index in [-0.39, 0.29) is 23.5 Å². The van der Waals surface area contributed by atoms with E-state index in [1.165, 1.54) is 4.31 Å². The van der Waals surface area contributed by atoms with E-state index >= 15 is 0 Å². The number of amides is 2. The molecule has 1 heterocycles. The summed E-state index contributed by atoms with van der Waals surface area (Å²) in [7, 11) is -1.90. The van der Waals surface area contributed by atoms with E-state index in [2.05, 4.69) is 10.6 Å². The molecule has 8 nitrogen and oxygen atoms in total. The quantitative estimate of drug-likeness (QED) is 0.545. The maximum Gasteiger partial charge on any atom is 0.253 e. The van der Waals surface area contributed by atoms with Crippen LogP contribution in [0.2, 0.25) is 0 Å². The molecule has 33 heavy (non-hydrogen) atoms. The van der Waals surface area contributed by atoms with Crippen molar-refractivity contribution in [2.45, 2.75) is 25.5 Å². The molecular weight excluding hydrogens is 442 g/mol. The summed E-state index contributed by atoms with van der Waals surface area (Å²) in [6.45, 7) is 3.29. The first-order valence-electron chi connectivity index (χ1n) is 11.0. The lowest BCUT2D eigenvalue weighted by Gasteiger charge is -2.30. The lowest BCUT2D eigenvalue weighted by Crippen LogP contribution is -2.42. The smallest absolute Gasteiger partial charge is 0.253 e. The first-order valence-corrected chi connectivity index (χ1v) is 12.6. The third kappa shape index (κ3) is 6.86. The molecule has 9 heteroatoms. The Morgan fingerprint density at radius 1 is 1.09 bits per heavy atom. The van der Waals surface area contributed by atoms with Crippen molar-refractivity contribution in [3.05, 3.63) is 65.2 Å². The summed E-state index contributed by atoms with van der Waals surface area (Å²) in [5.41, 5.74) is 2.59. The lowest BCUT2D eigenvalue weighted by molar-refractivity contribution is -0.120. The SMILES string of the molecule is COCCNC(=O)c1ccccc1NC(=O)C1CCN(S(=O)(=O)Cc2cccc(C)c2)CC1. The number of hydrogen-bond acceptors (Lipinski definition) is 5. The Kier molecular flexibility index (Phi) is 8.60. The van der Waals surface area contributed by atoms with Crippen molar-refractivity contribution in [1.29, 1.82) is 0 Å². The molecule has 0 radical (unpaired) electrons. The number of rotatable bonds is 9. The van der Waals surface area contributed by atoms with Gasteiger partial charge in [-0.05, 0) is 37.5 Å². The van der Waals surface area contributed by atoms with Crippen LogP contribution in [0.4, 0.5) is 5.69 Å². The van der Waals surface area contributed by atoms with E-state index in [4.69, 9.17) is 4.74 Å². The summed E-state index contributed by atoms with van der Waals surface area (Å²) in [6, 6.07) is 14.3. The summed E-state index contributed by atoms with van der Waals surface area (Å²) in [4.78, 5) is 25.3. The second-order valence-electron chi connectivity index (χ2n) is 8.20. The Labute approximate surface area is 195 Å². The normalized spacial score (nSPS) is 15.2. The van der Waals surface area contributed by atoms with Crippen LogP contribution in [0, 0.1) is 12.8 Å². The van der Waals surface area contributed by atoms with Crippen LogP contribution in [-0.4, -0.2) is 57.9 Å². The number of anilines is 1. The van der Waals surface area contributed by atoms with Crippen molar-refractivity contribution in [2.75, 3.05) is 38.7 Å². The molecule has 2 amide bonds. The average Bonchev–Trinajstić information content (AvgIpc) is 2.79. The number of methoxy groups -OCH3 is 1. The van der Waals surface area contributed by atoms with Crippen LogP contribution in [0.5, 0.6) is 0 Å². The van der Waals surface area contributed by atoms with Crippen molar-refractivity contribution >= 4 is 27.5 Å². The third-order valence-corrected chi connectivity index (χ3v) is 7.52. The zero-order valence-corrected chi connectivity index (χ0v) is 19.9. The molecule has 2 N–H and O–H groups in total. The maximum atomic E-state index is 12.9. The van der Waals surface area contributed by atoms with Crippen molar-refractivity contribution in [2.24, 2.45) is 5.92 Å². The zero-order valence-electron chi connectivity index (χ0n) is 19.0. The number of nitrogens with zero attached hydrogens (tertiary/aromatic N) is 1. The van der Waals surface area contributed by atoms with Gasteiger partial charge >= 0.3 is 0 Å². The fourth-order valence-corrected chi connectivity index (χ4v) is 5.44. The molecule has 1 fully saturated rings.